The minimum atomic E-state index is 0.877. The Balaban J connectivity index is 3.12. The molecule has 0 N–H and O–H groups in total. The molecule has 13 heavy (non-hydrogen) atoms. The summed E-state index contributed by atoms with van der Waals surface area (Å²) in [6.45, 7) is 9.27. The van der Waals surface area contributed by atoms with Gasteiger partial charge in [0.25, 0.3) is 0 Å². The standard InChI is InChI=1S/C11H12N2/c1-4-6-10(5-2)11-7-9(3)12-8-13-11/h4-8H,1-2H2,3H3/b10-6+. The minimum Gasteiger partial charge on any atom is -0.242 e. The summed E-state index contributed by atoms with van der Waals surface area (Å²) in [4.78, 5) is 8.15. The second kappa shape index (κ2) is 4.36. The average Bonchev–Trinajstić information content (AvgIpc) is 2.14. The summed E-state index contributed by atoms with van der Waals surface area (Å²) in [6, 6.07) is 1.91. The van der Waals surface area contributed by atoms with Gasteiger partial charge in [0.05, 0.1) is 5.69 Å². The highest BCUT2D eigenvalue weighted by Crippen LogP contribution is 2.12. The number of allylic oxidation sites excluding steroid dienone is 4. The molecule has 0 aromatic carbocycles. The third kappa shape index (κ3) is 2.37. The molecule has 0 bridgehead atoms. The van der Waals surface area contributed by atoms with E-state index in [0.29, 0.717) is 0 Å². The molecule has 0 radical (unpaired) electrons. The molecule has 0 aliphatic rings. The molecule has 0 saturated heterocycles. The fourth-order valence-electron chi connectivity index (χ4n) is 0.997. The SMILES string of the molecule is C=C/C=C(\C=C)c1cc(C)ncn1. The van der Waals surface area contributed by atoms with Crippen LogP contribution in [0.4, 0.5) is 0 Å². The van der Waals surface area contributed by atoms with E-state index in [4.69, 9.17) is 0 Å². The Morgan fingerprint density at radius 1 is 1.38 bits per heavy atom. The van der Waals surface area contributed by atoms with Crippen LogP contribution < -0.4 is 0 Å². The van der Waals surface area contributed by atoms with E-state index in [9.17, 15) is 0 Å². The van der Waals surface area contributed by atoms with Gasteiger partial charge in [0.2, 0.25) is 0 Å². The second-order valence-corrected chi connectivity index (χ2v) is 2.61. The molecule has 0 spiro atoms. The number of hydrogen-bond donors (Lipinski definition) is 0. The summed E-state index contributed by atoms with van der Waals surface area (Å²) in [5.74, 6) is 0. The van der Waals surface area contributed by atoms with Crippen LogP contribution in [0.1, 0.15) is 11.4 Å². The van der Waals surface area contributed by atoms with Gasteiger partial charge in [-0.15, -0.1) is 0 Å². The van der Waals surface area contributed by atoms with E-state index < -0.39 is 0 Å². The summed E-state index contributed by atoms with van der Waals surface area (Å²) in [6.07, 6.45) is 6.89. The fourth-order valence-corrected chi connectivity index (χ4v) is 0.997. The minimum absolute atomic E-state index is 0.877. The third-order valence-electron chi connectivity index (χ3n) is 1.62. The van der Waals surface area contributed by atoms with Crippen LogP contribution in [0.25, 0.3) is 5.57 Å². The lowest BCUT2D eigenvalue weighted by molar-refractivity contribution is 1.08. The molecule has 0 aliphatic carbocycles. The van der Waals surface area contributed by atoms with Crippen molar-refractivity contribution in [2.45, 2.75) is 6.92 Å². The van der Waals surface area contributed by atoms with Crippen molar-refractivity contribution in [3.63, 3.8) is 0 Å². The van der Waals surface area contributed by atoms with Gasteiger partial charge in [-0.2, -0.15) is 0 Å². The number of aromatic nitrogens is 2. The summed E-state index contributed by atoms with van der Waals surface area (Å²) in [5.41, 5.74) is 2.78. The van der Waals surface area contributed by atoms with E-state index >= 15 is 0 Å². The highest BCUT2D eigenvalue weighted by molar-refractivity contribution is 5.72. The Morgan fingerprint density at radius 3 is 2.69 bits per heavy atom. The van der Waals surface area contributed by atoms with Gasteiger partial charge in [0.1, 0.15) is 6.33 Å². The molecule has 0 unspecified atom stereocenters. The predicted molar refractivity (Wildman–Crippen MR) is 55.1 cm³/mol. The highest BCUT2D eigenvalue weighted by atomic mass is 14.8. The van der Waals surface area contributed by atoms with Gasteiger partial charge >= 0.3 is 0 Å². The Morgan fingerprint density at radius 2 is 2.15 bits per heavy atom. The Hall–Kier alpha value is -1.70. The lowest BCUT2D eigenvalue weighted by atomic mass is 10.1. The molecular formula is C11H12N2. The summed E-state index contributed by atoms with van der Waals surface area (Å²) in [7, 11) is 0. The van der Waals surface area contributed by atoms with Crippen LogP contribution in [0.2, 0.25) is 0 Å². The molecule has 2 heteroatoms. The van der Waals surface area contributed by atoms with Gasteiger partial charge in [0.15, 0.2) is 0 Å². The summed E-state index contributed by atoms with van der Waals surface area (Å²) >= 11 is 0. The Kier molecular flexibility index (Phi) is 3.15. The van der Waals surface area contributed by atoms with Crippen molar-refractivity contribution < 1.29 is 0 Å². The maximum Gasteiger partial charge on any atom is 0.116 e. The molecule has 0 amide bonds. The molecule has 66 valence electrons. The fraction of sp³-hybridized carbons (Fsp3) is 0.0909. The van der Waals surface area contributed by atoms with Crippen LogP contribution in [0.5, 0.6) is 0 Å². The van der Waals surface area contributed by atoms with Crippen molar-refractivity contribution >= 4 is 5.57 Å². The first kappa shape index (κ1) is 9.39. The van der Waals surface area contributed by atoms with Crippen molar-refractivity contribution in [2.75, 3.05) is 0 Å². The highest BCUT2D eigenvalue weighted by Gasteiger charge is 1.97. The van der Waals surface area contributed by atoms with E-state index in [2.05, 4.69) is 23.1 Å². The zero-order valence-corrected chi connectivity index (χ0v) is 7.70. The maximum atomic E-state index is 4.13. The van der Waals surface area contributed by atoms with Crippen LogP contribution in [0.3, 0.4) is 0 Å². The molecule has 1 aromatic rings. The molecule has 1 heterocycles. The maximum absolute atomic E-state index is 4.13. The lowest BCUT2D eigenvalue weighted by Crippen LogP contribution is -1.90. The first-order chi connectivity index (χ1) is 6.27. The van der Waals surface area contributed by atoms with Gasteiger partial charge in [-0.1, -0.05) is 31.4 Å². The molecule has 0 fully saturated rings. The third-order valence-corrected chi connectivity index (χ3v) is 1.62. The Labute approximate surface area is 78.4 Å². The van der Waals surface area contributed by atoms with Gasteiger partial charge in [-0.25, -0.2) is 9.97 Å². The average molecular weight is 172 g/mol. The van der Waals surface area contributed by atoms with Crippen molar-refractivity contribution in [3.05, 3.63) is 55.2 Å². The molecular weight excluding hydrogens is 160 g/mol. The van der Waals surface area contributed by atoms with Crippen LogP contribution >= 0.6 is 0 Å². The van der Waals surface area contributed by atoms with Crippen LogP contribution in [-0.2, 0) is 0 Å². The quantitative estimate of drug-likeness (QED) is 0.655. The topological polar surface area (TPSA) is 25.8 Å². The van der Waals surface area contributed by atoms with E-state index in [-0.39, 0.29) is 0 Å². The van der Waals surface area contributed by atoms with Crippen LogP contribution in [0, 0.1) is 6.92 Å². The predicted octanol–water partition coefficient (Wildman–Crippen LogP) is 2.54. The van der Waals surface area contributed by atoms with Gasteiger partial charge < -0.3 is 0 Å². The van der Waals surface area contributed by atoms with Crippen molar-refractivity contribution in [1.29, 1.82) is 0 Å². The van der Waals surface area contributed by atoms with E-state index in [1.165, 1.54) is 0 Å². The molecule has 2 nitrogen and oxygen atoms in total. The number of hydrogen-bond acceptors (Lipinski definition) is 2. The lowest BCUT2D eigenvalue weighted by Gasteiger charge is -2.00. The van der Waals surface area contributed by atoms with E-state index in [1.54, 1.807) is 18.5 Å². The smallest absolute Gasteiger partial charge is 0.116 e. The number of aryl methyl sites for hydroxylation is 1. The first-order valence-corrected chi connectivity index (χ1v) is 4.02. The zero-order chi connectivity index (χ0) is 9.68. The molecule has 0 saturated carbocycles. The molecule has 0 aliphatic heterocycles. The number of rotatable bonds is 3. The number of nitrogens with zero attached hydrogens (tertiary/aromatic N) is 2. The van der Waals surface area contributed by atoms with Crippen LogP contribution in [0.15, 0.2) is 43.8 Å². The first-order valence-electron chi connectivity index (χ1n) is 4.02. The normalized spacial score (nSPS) is 11.0. The molecule has 1 aromatic heterocycles. The molecule has 1 rings (SSSR count). The van der Waals surface area contributed by atoms with Gasteiger partial charge in [-0.3, -0.25) is 0 Å². The Bertz CT molecular complexity index is 351. The van der Waals surface area contributed by atoms with E-state index in [1.807, 2.05) is 19.1 Å². The summed E-state index contributed by atoms with van der Waals surface area (Å²) in [5, 5.41) is 0. The van der Waals surface area contributed by atoms with Crippen molar-refractivity contribution in [3.8, 4) is 0 Å². The van der Waals surface area contributed by atoms with Crippen LogP contribution in [-0.4, -0.2) is 9.97 Å². The van der Waals surface area contributed by atoms with Gasteiger partial charge in [-0.05, 0) is 18.6 Å². The van der Waals surface area contributed by atoms with Gasteiger partial charge in [0, 0.05) is 5.69 Å². The van der Waals surface area contributed by atoms with Crippen molar-refractivity contribution in [1.82, 2.24) is 9.97 Å². The molecule has 0 atom stereocenters. The van der Waals surface area contributed by atoms with Crippen molar-refractivity contribution in [2.24, 2.45) is 0 Å². The second-order valence-electron chi connectivity index (χ2n) is 2.61. The van der Waals surface area contributed by atoms with E-state index in [0.717, 1.165) is 17.0 Å². The summed E-state index contributed by atoms with van der Waals surface area (Å²) < 4.78 is 0. The largest absolute Gasteiger partial charge is 0.242 e. The zero-order valence-electron chi connectivity index (χ0n) is 7.70. The monoisotopic (exact) mass is 172 g/mol.